The first kappa shape index (κ1) is 20.9. The second kappa shape index (κ2) is 7.87. The van der Waals surface area contributed by atoms with E-state index in [9.17, 15) is 22.8 Å². The molecular weight excluding hydrogens is 383 g/mol. The summed E-state index contributed by atoms with van der Waals surface area (Å²) in [6.45, 7) is 1.71. The molecule has 5 nitrogen and oxygen atoms in total. The normalized spacial score (nSPS) is 19.9. The van der Waals surface area contributed by atoms with Crippen LogP contribution >= 0.6 is 0 Å². The Hall–Kier alpha value is -2.87. The fourth-order valence-electron chi connectivity index (χ4n) is 3.68. The SMILES string of the molecule is Cc1cc(NC(=O)C2(C(F)(F)F)CCN(Cc3ccccc3)C2)ccc1C(N)=O. The molecule has 1 atom stereocenters. The van der Waals surface area contributed by atoms with Gasteiger partial charge in [0.1, 0.15) is 0 Å². The van der Waals surface area contributed by atoms with Crippen LogP contribution in [0.5, 0.6) is 0 Å². The maximum absolute atomic E-state index is 14.0. The van der Waals surface area contributed by atoms with E-state index in [1.807, 2.05) is 30.3 Å². The van der Waals surface area contributed by atoms with Crippen molar-refractivity contribution in [3.05, 3.63) is 65.2 Å². The predicted octanol–water partition coefficient (Wildman–Crippen LogP) is 3.49. The minimum absolute atomic E-state index is 0.168. The number of nitrogens with two attached hydrogens (primary N) is 1. The summed E-state index contributed by atoms with van der Waals surface area (Å²) in [5.74, 6) is -1.73. The summed E-state index contributed by atoms with van der Waals surface area (Å²) in [6.07, 6.45) is -5.00. The maximum atomic E-state index is 14.0. The van der Waals surface area contributed by atoms with E-state index in [1.54, 1.807) is 11.8 Å². The lowest BCUT2D eigenvalue weighted by Gasteiger charge is -2.30. The average Bonchev–Trinajstić information content (AvgIpc) is 3.07. The monoisotopic (exact) mass is 405 g/mol. The first-order valence-electron chi connectivity index (χ1n) is 9.17. The van der Waals surface area contributed by atoms with Gasteiger partial charge in [-0.15, -0.1) is 0 Å². The summed E-state index contributed by atoms with van der Waals surface area (Å²) in [5.41, 5.74) is 4.58. The molecule has 2 aromatic rings. The Morgan fingerprint density at radius 1 is 1.17 bits per heavy atom. The average molecular weight is 405 g/mol. The minimum atomic E-state index is -4.69. The molecule has 3 rings (SSSR count). The van der Waals surface area contributed by atoms with Gasteiger partial charge in [-0.3, -0.25) is 14.5 Å². The van der Waals surface area contributed by atoms with Crippen molar-refractivity contribution < 1.29 is 22.8 Å². The molecule has 3 N–H and O–H groups in total. The number of hydrogen-bond donors (Lipinski definition) is 2. The van der Waals surface area contributed by atoms with Crippen molar-refractivity contribution in [2.45, 2.75) is 26.1 Å². The van der Waals surface area contributed by atoms with E-state index in [4.69, 9.17) is 5.73 Å². The number of amides is 2. The van der Waals surface area contributed by atoms with Gasteiger partial charge in [0.05, 0.1) is 0 Å². The third-order valence-corrected chi connectivity index (χ3v) is 5.32. The highest BCUT2D eigenvalue weighted by atomic mass is 19.4. The standard InChI is InChI=1S/C21H22F3N3O2/c1-14-11-16(7-8-17(14)18(25)28)26-19(29)20(21(22,23)24)9-10-27(13-20)12-15-5-3-2-4-6-15/h2-8,11H,9-10,12-13H2,1H3,(H2,25,28)(H,26,29). The minimum Gasteiger partial charge on any atom is -0.366 e. The summed E-state index contributed by atoms with van der Waals surface area (Å²) < 4.78 is 41.9. The van der Waals surface area contributed by atoms with E-state index in [1.165, 1.54) is 18.2 Å². The summed E-state index contributed by atoms with van der Waals surface area (Å²) in [7, 11) is 0. The molecule has 0 radical (unpaired) electrons. The van der Waals surface area contributed by atoms with Crippen LogP contribution in [0.15, 0.2) is 48.5 Å². The van der Waals surface area contributed by atoms with Crippen molar-refractivity contribution in [3.8, 4) is 0 Å². The number of anilines is 1. The highest BCUT2D eigenvalue weighted by molar-refractivity contribution is 5.98. The number of carbonyl (C=O) groups excluding carboxylic acids is 2. The first-order chi connectivity index (χ1) is 13.6. The largest absolute Gasteiger partial charge is 0.404 e. The van der Waals surface area contributed by atoms with Gasteiger partial charge in [-0.1, -0.05) is 30.3 Å². The fourth-order valence-corrected chi connectivity index (χ4v) is 3.68. The number of primary amides is 1. The van der Waals surface area contributed by atoms with Crippen molar-refractivity contribution >= 4 is 17.5 Å². The van der Waals surface area contributed by atoms with Crippen LogP contribution in [0, 0.1) is 12.3 Å². The van der Waals surface area contributed by atoms with Gasteiger partial charge in [-0.25, -0.2) is 0 Å². The van der Waals surface area contributed by atoms with E-state index in [2.05, 4.69) is 5.32 Å². The van der Waals surface area contributed by atoms with E-state index in [0.29, 0.717) is 12.1 Å². The number of nitrogens with one attached hydrogen (secondary N) is 1. The van der Waals surface area contributed by atoms with E-state index >= 15 is 0 Å². The number of alkyl halides is 3. The molecular formula is C21H22F3N3O2. The Morgan fingerprint density at radius 3 is 2.45 bits per heavy atom. The number of nitrogens with zero attached hydrogens (tertiary/aromatic N) is 1. The van der Waals surface area contributed by atoms with Gasteiger partial charge in [-0.2, -0.15) is 13.2 Å². The molecule has 1 fully saturated rings. The molecule has 29 heavy (non-hydrogen) atoms. The summed E-state index contributed by atoms with van der Waals surface area (Å²) in [4.78, 5) is 25.7. The third kappa shape index (κ3) is 4.27. The van der Waals surface area contributed by atoms with Gasteiger partial charge in [0, 0.05) is 24.3 Å². The molecule has 8 heteroatoms. The predicted molar refractivity (Wildman–Crippen MR) is 103 cm³/mol. The van der Waals surface area contributed by atoms with Crippen molar-refractivity contribution in [1.29, 1.82) is 0 Å². The van der Waals surface area contributed by atoms with E-state index < -0.39 is 30.0 Å². The lowest BCUT2D eigenvalue weighted by atomic mass is 9.85. The Bertz CT molecular complexity index is 915. The van der Waals surface area contributed by atoms with Crippen LogP contribution in [-0.4, -0.2) is 36.0 Å². The van der Waals surface area contributed by atoms with Crippen molar-refractivity contribution in [1.82, 2.24) is 4.90 Å². The van der Waals surface area contributed by atoms with Crippen LogP contribution in [-0.2, 0) is 11.3 Å². The van der Waals surface area contributed by atoms with E-state index in [0.717, 1.165) is 5.56 Å². The quantitative estimate of drug-likeness (QED) is 0.800. The van der Waals surface area contributed by atoms with Gasteiger partial charge in [0.2, 0.25) is 11.8 Å². The first-order valence-corrected chi connectivity index (χ1v) is 9.17. The molecule has 0 saturated carbocycles. The fraction of sp³-hybridized carbons (Fsp3) is 0.333. The molecule has 1 unspecified atom stereocenters. The second-order valence-electron chi connectivity index (χ2n) is 7.37. The zero-order chi connectivity index (χ0) is 21.2. The summed E-state index contributed by atoms with van der Waals surface area (Å²) in [6, 6.07) is 13.4. The summed E-state index contributed by atoms with van der Waals surface area (Å²) >= 11 is 0. The number of likely N-dealkylation sites (tertiary alicyclic amines) is 1. The number of carbonyl (C=O) groups is 2. The number of aryl methyl sites for hydroxylation is 1. The molecule has 1 aliphatic rings. The van der Waals surface area contributed by atoms with Gasteiger partial charge < -0.3 is 11.1 Å². The Labute approximate surface area is 166 Å². The molecule has 2 aromatic carbocycles. The molecule has 0 aliphatic carbocycles. The van der Waals surface area contributed by atoms with Crippen molar-refractivity contribution in [2.24, 2.45) is 11.1 Å². The van der Waals surface area contributed by atoms with Crippen molar-refractivity contribution in [3.63, 3.8) is 0 Å². The van der Waals surface area contributed by atoms with Crippen molar-refractivity contribution in [2.75, 3.05) is 18.4 Å². The number of rotatable bonds is 5. The van der Waals surface area contributed by atoms with Crippen LogP contribution in [0.1, 0.15) is 27.9 Å². The highest BCUT2D eigenvalue weighted by Gasteiger charge is 2.62. The Balaban J connectivity index is 1.79. The van der Waals surface area contributed by atoms with Crippen LogP contribution < -0.4 is 11.1 Å². The molecule has 0 aromatic heterocycles. The topological polar surface area (TPSA) is 75.4 Å². The van der Waals surface area contributed by atoms with Crippen LogP contribution in [0.3, 0.4) is 0 Å². The molecule has 2 amide bonds. The maximum Gasteiger partial charge on any atom is 0.404 e. The van der Waals surface area contributed by atoms with Crippen LogP contribution in [0.4, 0.5) is 18.9 Å². The number of halogens is 3. The number of hydrogen-bond acceptors (Lipinski definition) is 3. The zero-order valence-electron chi connectivity index (χ0n) is 15.9. The molecule has 154 valence electrons. The lowest BCUT2D eigenvalue weighted by molar-refractivity contribution is -0.215. The number of benzene rings is 2. The van der Waals surface area contributed by atoms with E-state index in [-0.39, 0.29) is 24.2 Å². The third-order valence-electron chi connectivity index (χ3n) is 5.32. The molecule has 0 spiro atoms. The van der Waals surface area contributed by atoms with Gasteiger partial charge >= 0.3 is 6.18 Å². The van der Waals surface area contributed by atoms with Crippen LogP contribution in [0.2, 0.25) is 0 Å². The molecule has 1 heterocycles. The Kier molecular flexibility index (Phi) is 5.66. The molecule has 1 saturated heterocycles. The Morgan fingerprint density at radius 2 is 1.86 bits per heavy atom. The smallest absolute Gasteiger partial charge is 0.366 e. The summed E-state index contributed by atoms with van der Waals surface area (Å²) in [5, 5.41) is 2.38. The highest BCUT2D eigenvalue weighted by Crippen LogP contribution is 2.46. The molecule has 0 bridgehead atoms. The van der Waals surface area contributed by atoms with Gasteiger partial charge in [0.15, 0.2) is 5.41 Å². The van der Waals surface area contributed by atoms with Gasteiger partial charge in [-0.05, 0) is 49.2 Å². The molecule has 1 aliphatic heterocycles. The second-order valence-corrected chi connectivity index (χ2v) is 7.37. The van der Waals surface area contributed by atoms with Gasteiger partial charge in [0.25, 0.3) is 0 Å². The lowest BCUT2D eigenvalue weighted by Crippen LogP contribution is -2.49. The van der Waals surface area contributed by atoms with Crippen LogP contribution in [0.25, 0.3) is 0 Å². The zero-order valence-corrected chi connectivity index (χ0v) is 15.9.